The monoisotopic (exact) mass is 407 g/mol. The maximum Gasteiger partial charge on any atom is 0.277 e. The lowest BCUT2D eigenvalue weighted by Crippen LogP contribution is -3.00. The molecule has 4 N–H and O–H groups in total. The maximum absolute atomic E-state index is 12.4. The number of halogens is 1. The summed E-state index contributed by atoms with van der Waals surface area (Å²) in [6.45, 7) is 0. The summed E-state index contributed by atoms with van der Waals surface area (Å²) in [4.78, 5) is 3.11. The maximum atomic E-state index is 12.4. The van der Waals surface area contributed by atoms with Gasteiger partial charge in [0.25, 0.3) is 15.8 Å². The molecular weight excluding hydrogens is 390 g/mol. The molecule has 1 heterocycles. The van der Waals surface area contributed by atoms with Crippen LogP contribution in [0.3, 0.4) is 0 Å². The molecule has 0 radical (unpaired) electrons. The first-order valence-electron chi connectivity index (χ1n) is 7.71. The lowest BCUT2D eigenvalue weighted by Gasteiger charge is -2.08. The summed E-state index contributed by atoms with van der Waals surface area (Å²) in [5.41, 5.74) is 1.18. The van der Waals surface area contributed by atoms with Crippen molar-refractivity contribution >= 4 is 27.2 Å². The normalized spacial score (nSPS) is 10.6. The van der Waals surface area contributed by atoms with Gasteiger partial charge >= 0.3 is 0 Å². The summed E-state index contributed by atoms with van der Waals surface area (Å²) in [5.74, 6) is 1.44. The van der Waals surface area contributed by atoms with Crippen molar-refractivity contribution in [2.24, 2.45) is 0 Å². The second kappa shape index (κ2) is 8.61. The quantitative estimate of drug-likeness (QED) is 0.490. The van der Waals surface area contributed by atoms with E-state index in [0.29, 0.717) is 17.3 Å². The Labute approximate surface area is 163 Å². The van der Waals surface area contributed by atoms with E-state index in [4.69, 9.17) is 4.74 Å². The van der Waals surface area contributed by atoms with Crippen LogP contribution in [0.1, 0.15) is 0 Å². The minimum atomic E-state index is -3.69. The molecule has 0 saturated carbocycles. The van der Waals surface area contributed by atoms with Crippen LogP contribution in [-0.2, 0) is 10.0 Å². The van der Waals surface area contributed by atoms with E-state index in [2.05, 4.69) is 15.0 Å². The highest BCUT2D eigenvalue weighted by Crippen LogP contribution is 2.20. The average molecular weight is 408 g/mol. The minimum Gasteiger partial charge on any atom is -1.00 e. The number of nitrogens with one attached hydrogen (secondary N) is 3. The summed E-state index contributed by atoms with van der Waals surface area (Å²) in [7, 11) is -2.17. The number of anilines is 3. The van der Waals surface area contributed by atoms with Gasteiger partial charge in [-0.05, 0) is 54.6 Å². The van der Waals surface area contributed by atoms with Gasteiger partial charge in [-0.3, -0.25) is 4.72 Å². The van der Waals surface area contributed by atoms with Crippen LogP contribution in [0.5, 0.6) is 11.5 Å². The Morgan fingerprint density at radius 3 is 2.11 bits per heavy atom. The highest BCUT2D eigenvalue weighted by atomic mass is 35.5. The molecule has 3 rings (SSSR count). The molecule has 0 amide bonds. The number of methoxy groups -OCH3 is 1. The Morgan fingerprint density at radius 1 is 0.926 bits per heavy atom. The van der Waals surface area contributed by atoms with Gasteiger partial charge in [-0.15, -0.1) is 0 Å². The lowest BCUT2D eigenvalue weighted by atomic mass is 10.3. The zero-order valence-corrected chi connectivity index (χ0v) is 15.9. The van der Waals surface area contributed by atoms with Gasteiger partial charge in [0.2, 0.25) is 0 Å². The topological polar surface area (TPSA) is 102 Å². The number of sulfonamides is 1. The van der Waals surface area contributed by atoms with Crippen molar-refractivity contribution in [1.82, 2.24) is 0 Å². The van der Waals surface area contributed by atoms with Crippen LogP contribution in [0, 0.1) is 0 Å². The molecule has 0 aliphatic carbocycles. The second-order valence-electron chi connectivity index (χ2n) is 5.44. The summed E-state index contributed by atoms with van der Waals surface area (Å²) in [5, 5.41) is 12.4. The summed E-state index contributed by atoms with van der Waals surface area (Å²) in [6, 6.07) is 16.1. The van der Waals surface area contributed by atoms with Gasteiger partial charge in [0.05, 0.1) is 17.7 Å². The van der Waals surface area contributed by atoms with Crippen LogP contribution in [-0.4, -0.2) is 20.6 Å². The van der Waals surface area contributed by atoms with E-state index in [9.17, 15) is 13.5 Å². The van der Waals surface area contributed by atoms with Crippen LogP contribution in [0.15, 0.2) is 71.8 Å². The second-order valence-corrected chi connectivity index (χ2v) is 7.13. The third kappa shape index (κ3) is 5.25. The number of aromatic amines is 1. The minimum absolute atomic E-state index is 0. The van der Waals surface area contributed by atoms with Crippen molar-refractivity contribution in [2.45, 2.75) is 4.90 Å². The fraction of sp³-hybridized carbons (Fsp3) is 0.0556. The first kappa shape index (κ1) is 20.3. The first-order chi connectivity index (χ1) is 12.5. The molecule has 2 aromatic carbocycles. The van der Waals surface area contributed by atoms with Gasteiger partial charge in [-0.1, -0.05) is 0 Å². The molecule has 1 aromatic heterocycles. The molecule has 27 heavy (non-hydrogen) atoms. The number of phenolic OH excluding ortho intramolecular Hbond substituents is 1. The predicted octanol–water partition coefficient (Wildman–Crippen LogP) is -0.237. The van der Waals surface area contributed by atoms with Crippen molar-refractivity contribution in [2.75, 3.05) is 17.1 Å². The molecule has 0 spiro atoms. The number of H-pyrrole nitrogens is 1. The van der Waals surface area contributed by atoms with Crippen LogP contribution < -0.4 is 32.2 Å². The van der Waals surface area contributed by atoms with Crippen molar-refractivity contribution in [3.8, 4) is 11.5 Å². The van der Waals surface area contributed by atoms with Crippen molar-refractivity contribution < 1.29 is 35.7 Å². The van der Waals surface area contributed by atoms with Crippen molar-refractivity contribution in [3.05, 3.63) is 66.9 Å². The van der Waals surface area contributed by atoms with Crippen molar-refractivity contribution in [3.63, 3.8) is 0 Å². The Balaban J connectivity index is 0.00000261. The zero-order valence-electron chi connectivity index (χ0n) is 14.3. The number of phenols is 1. The van der Waals surface area contributed by atoms with Crippen LogP contribution in [0.4, 0.5) is 17.2 Å². The molecule has 0 aliphatic heterocycles. The molecule has 0 atom stereocenters. The fourth-order valence-electron chi connectivity index (χ4n) is 2.24. The zero-order chi connectivity index (χ0) is 18.6. The highest BCUT2D eigenvalue weighted by molar-refractivity contribution is 7.92. The SMILES string of the molecule is COc1ccc(S(=O)(=O)Nc2ccc(Nc3ccc(O)cc3)[nH+]c2)cc1.[Cl-]. The molecule has 0 unspecified atom stereocenters. The molecule has 0 saturated heterocycles. The number of aromatic nitrogens is 1. The molecular formula is C18H18ClN3O4S. The predicted molar refractivity (Wildman–Crippen MR) is 98.2 cm³/mol. The van der Waals surface area contributed by atoms with E-state index in [1.807, 2.05) is 0 Å². The van der Waals surface area contributed by atoms with E-state index < -0.39 is 10.0 Å². The smallest absolute Gasteiger partial charge is 0.277 e. The van der Waals surface area contributed by atoms with E-state index in [1.165, 1.54) is 19.2 Å². The van der Waals surface area contributed by atoms with Crippen molar-refractivity contribution in [1.29, 1.82) is 0 Å². The number of rotatable bonds is 6. The average Bonchev–Trinajstić information content (AvgIpc) is 2.65. The molecule has 7 nitrogen and oxygen atoms in total. The van der Waals surface area contributed by atoms with Crippen LogP contribution in [0.2, 0.25) is 0 Å². The Morgan fingerprint density at radius 2 is 1.56 bits per heavy atom. The molecule has 0 fully saturated rings. The van der Waals surface area contributed by atoms with Gasteiger partial charge in [-0.2, -0.15) is 0 Å². The van der Waals surface area contributed by atoms with Crippen LogP contribution >= 0.6 is 0 Å². The number of hydrogen-bond acceptors (Lipinski definition) is 5. The van der Waals surface area contributed by atoms with Gasteiger partial charge in [0.15, 0.2) is 0 Å². The number of aromatic hydroxyl groups is 1. The van der Waals surface area contributed by atoms with Gasteiger partial charge < -0.3 is 22.3 Å². The summed E-state index contributed by atoms with van der Waals surface area (Å²) < 4.78 is 32.3. The van der Waals surface area contributed by atoms with Gasteiger partial charge in [0, 0.05) is 6.07 Å². The summed E-state index contributed by atoms with van der Waals surface area (Å²) in [6.07, 6.45) is 1.55. The van der Waals surface area contributed by atoms with E-state index in [1.54, 1.807) is 54.7 Å². The van der Waals surface area contributed by atoms with Gasteiger partial charge in [-0.25, -0.2) is 18.7 Å². The molecule has 0 bridgehead atoms. The number of benzene rings is 2. The molecule has 0 aliphatic rings. The third-order valence-corrected chi connectivity index (χ3v) is 4.98. The number of ether oxygens (including phenoxy) is 1. The Bertz CT molecular complexity index is 977. The Kier molecular flexibility index (Phi) is 6.49. The van der Waals surface area contributed by atoms with E-state index in [-0.39, 0.29) is 23.1 Å². The standard InChI is InChI=1S/C18H17N3O4S.ClH/c1-25-16-7-9-17(10-8-16)26(23,24)21-14-4-11-18(19-12-14)20-13-2-5-15(22)6-3-13;/h2-12,21-22H,1H3,(H,19,20);1H. The molecule has 9 heteroatoms. The largest absolute Gasteiger partial charge is 1.00 e. The highest BCUT2D eigenvalue weighted by Gasteiger charge is 2.15. The van der Waals surface area contributed by atoms with Crippen LogP contribution in [0.25, 0.3) is 0 Å². The fourth-order valence-corrected chi connectivity index (χ4v) is 3.28. The van der Waals surface area contributed by atoms with E-state index in [0.717, 1.165) is 5.69 Å². The first-order valence-corrected chi connectivity index (χ1v) is 9.19. The van der Waals surface area contributed by atoms with Gasteiger partial charge in [0.1, 0.15) is 23.4 Å². The summed E-state index contributed by atoms with van der Waals surface area (Å²) >= 11 is 0. The lowest BCUT2D eigenvalue weighted by molar-refractivity contribution is -0.359. The Hall–Kier alpha value is -2.97. The third-order valence-electron chi connectivity index (χ3n) is 3.58. The number of pyridine rings is 1. The molecule has 3 aromatic rings. The van der Waals surface area contributed by atoms with E-state index >= 15 is 0 Å². The number of hydrogen-bond donors (Lipinski definition) is 3. The molecule has 142 valence electrons.